The highest BCUT2D eigenvalue weighted by atomic mass is 16.5. The van der Waals surface area contributed by atoms with Gasteiger partial charge in [0.25, 0.3) is 0 Å². The van der Waals surface area contributed by atoms with Crippen LogP contribution in [0, 0.1) is 11.3 Å². The SMILES string of the molecule is COc1ccc(C(C#N)c2ncc[nH]2)cc1. The second-order valence-electron chi connectivity index (χ2n) is 3.31. The molecule has 16 heavy (non-hydrogen) atoms. The molecule has 1 unspecified atom stereocenters. The molecule has 0 spiro atoms. The predicted molar refractivity (Wildman–Crippen MR) is 59.0 cm³/mol. The molecule has 2 aromatic rings. The summed E-state index contributed by atoms with van der Waals surface area (Å²) >= 11 is 0. The van der Waals surface area contributed by atoms with E-state index in [-0.39, 0.29) is 5.92 Å². The summed E-state index contributed by atoms with van der Waals surface area (Å²) in [6.45, 7) is 0. The zero-order valence-electron chi connectivity index (χ0n) is 8.84. The monoisotopic (exact) mass is 213 g/mol. The molecule has 0 bridgehead atoms. The predicted octanol–water partition coefficient (Wildman–Crippen LogP) is 2.07. The lowest BCUT2D eigenvalue weighted by Crippen LogP contribution is -2.00. The van der Waals surface area contributed by atoms with E-state index in [9.17, 15) is 0 Å². The molecule has 0 aliphatic rings. The Labute approximate surface area is 93.5 Å². The van der Waals surface area contributed by atoms with E-state index in [4.69, 9.17) is 10.00 Å². The second-order valence-corrected chi connectivity index (χ2v) is 3.31. The molecule has 0 aliphatic carbocycles. The number of methoxy groups -OCH3 is 1. The Bertz CT molecular complexity index is 482. The van der Waals surface area contributed by atoms with Gasteiger partial charge in [0.05, 0.1) is 13.2 Å². The fraction of sp³-hybridized carbons (Fsp3) is 0.167. The third-order valence-electron chi connectivity index (χ3n) is 2.37. The molecule has 1 N–H and O–H groups in total. The van der Waals surface area contributed by atoms with Crippen LogP contribution in [0.25, 0.3) is 0 Å². The molecule has 4 heteroatoms. The lowest BCUT2D eigenvalue weighted by Gasteiger charge is -2.07. The quantitative estimate of drug-likeness (QED) is 0.849. The Morgan fingerprint density at radius 2 is 2.12 bits per heavy atom. The summed E-state index contributed by atoms with van der Waals surface area (Å²) in [4.78, 5) is 7.05. The molecular formula is C12H11N3O. The van der Waals surface area contributed by atoms with Crippen LogP contribution in [0.1, 0.15) is 17.3 Å². The number of nitrogens with one attached hydrogen (secondary N) is 1. The van der Waals surface area contributed by atoms with Crippen LogP contribution in [0.4, 0.5) is 0 Å². The molecule has 1 aromatic heterocycles. The Balaban J connectivity index is 2.31. The number of hydrogen-bond acceptors (Lipinski definition) is 3. The largest absolute Gasteiger partial charge is 0.497 e. The van der Waals surface area contributed by atoms with E-state index in [2.05, 4.69) is 16.0 Å². The van der Waals surface area contributed by atoms with Crippen molar-refractivity contribution in [1.29, 1.82) is 5.26 Å². The summed E-state index contributed by atoms with van der Waals surface area (Å²) < 4.78 is 5.07. The van der Waals surface area contributed by atoms with Crippen molar-refractivity contribution in [2.75, 3.05) is 7.11 Å². The van der Waals surface area contributed by atoms with Gasteiger partial charge in [-0.3, -0.25) is 0 Å². The van der Waals surface area contributed by atoms with Gasteiger partial charge in [-0.2, -0.15) is 5.26 Å². The van der Waals surface area contributed by atoms with E-state index in [0.29, 0.717) is 5.82 Å². The maximum absolute atomic E-state index is 9.14. The van der Waals surface area contributed by atoms with Crippen LogP contribution in [0.3, 0.4) is 0 Å². The standard InChI is InChI=1S/C12H11N3O/c1-16-10-4-2-9(3-5-10)11(8-13)12-14-6-7-15-12/h2-7,11H,1H3,(H,14,15). The Hall–Kier alpha value is -2.28. The number of ether oxygens (including phenoxy) is 1. The van der Waals surface area contributed by atoms with Crippen LogP contribution < -0.4 is 4.74 Å². The topological polar surface area (TPSA) is 61.7 Å². The highest BCUT2D eigenvalue weighted by Gasteiger charge is 2.15. The Kier molecular flexibility index (Phi) is 2.88. The molecule has 1 atom stereocenters. The van der Waals surface area contributed by atoms with E-state index in [0.717, 1.165) is 11.3 Å². The van der Waals surface area contributed by atoms with Gasteiger partial charge in [-0.1, -0.05) is 12.1 Å². The maximum atomic E-state index is 9.14. The van der Waals surface area contributed by atoms with Gasteiger partial charge in [-0.05, 0) is 17.7 Å². The van der Waals surface area contributed by atoms with Crippen molar-refractivity contribution in [1.82, 2.24) is 9.97 Å². The fourth-order valence-electron chi connectivity index (χ4n) is 1.53. The van der Waals surface area contributed by atoms with Crippen molar-refractivity contribution in [3.8, 4) is 11.8 Å². The van der Waals surface area contributed by atoms with Crippen LogP contribution in [0.5, 0.6) is 5.75 Å². The molecule has 0 saturated heterocycles. The number of nitrogens with zero attached hydrogens (tertiary/aromatic N) is 2. The van der Waals surface area contributed by atoms with Gasteiger partial charge in [0.2, 0.25) is 0 Å². The molecule has 80 valence electrons. The van der Waals surface area contributed by atoms with Crippen molar-refractivity contribution < 1.29 is 4.74 Å². The number of benzene rings is 1. The van der Waals surface area contributed by atoms with E-state index in [1.807, 2.05) is 24.3 Å². The van der Waals surface area contributed by atoms with Crippen LogP contribution >= 0.6 is 0 Å². The van der Waals surface area contributed by atoms with E-state index >= 15 is 0 Å². The smallest absolute Gasteiger partial charge is 0.129 e. The molecule has 1 aromatic carbocycles. The fourth-order valence-corrected chi connectivity index (χ4v) is 1.53. The van der Waals surface area contributed by atoms with Crippen LogP contribution in [-0.4, -0.2) is 17.1 Å². The van der Waals surface area contributed by atoms with Crippen molar-refractivity contribution in [3.63, 3.8) is 0 Å². The molecular weight excluding hydrogens is 202 g/mol. The minimum absolute atomic E-state index is 0.360. The lowest BCUT2D eigenvalue weighted by molar-refractivity contribution is 0.414. The number of rotatable bonds is 3. The number of H-pyrrole nitrogens is 1. The van der Waals surface area contributed by atoms with E-state index in [1.54, 1.807) is 19.5 Å². The van der Waals surface area contributed by atoms with Crippen LogP contribution in [0.2, 0.25) is 0 Å². The molecule has 0 fully saturated rings. The summed E-state index contributed by atoms with van der Waals surface area (Å²) in [5.74, 6) is 1.08. The lowest BCUT2D eigenvalue weighted by atomic mass is 10.00. The van der Waals surface area contributed by atoms with Crippen molar-refractivity contribution in [3.05, 3.63) is 48.0 Å². The first-order chi connectivity index (χ1) is 7.85. The first kappa shape index (κ1) is 10.2. The summed E-state index contributed by atoms with van der Waals surface area (Å²) in [6, 6.07) is 9.64. The van der Waals surface area contributed by atoms with Gasteiger partial charge in [0.15, 0.2) is 0 Å². The minimum Gasteiger partial charge on any atom is -0.497 e. The average molecular weight is 213 g/mol. The maximum Gasteiger partial charge on any atom is 0.129 e. The highest BCUT2D eigenvalue weighted by molar-refractivity contribution is 5.35. The van der Waals surface area contributed by atoms with Crippen LogP contribution in [0.15, 0.2) is 36.7 Å². The third-order valence-corrected chi connectivity index (χ3v) is 2.37. The first-order valence-corrected chi connectivity index (χ1v) is 4.88. The van der Waals surface area contributed by atoms with Crippen molar-refractivity contribution in [2.24, 2.45) is 0 Å². The molecule has 4 nitrogen and oxygen atoms in total. The minimum atomic E-state index is -0.360. The Morgan fingerprint density at radius 3 is 2.62 bits per heavy atom. The van der Waals surface area contributed by atoms with Gasteiger partial charge in [0.1, 0.15) is 17.5 Å². The summed E-state index contributed by atoms with van der Waals surface area (Å²) in [6.07, 6.45) is 3.35. The van der Waals surface area contributed by atoms with Crippen molar-refractivity contribution >= 4 is 0 Å². The van der Waals surface area contributed by atoms with Gasteiger partial charge in [-0.15, -0.1) is 0 Å². The normalized spacial score (nSPS) is 11.8. The second kappa shape index (κ2) is 4.49. The number of nitriles is 1. The van der Waals surface area contributed by atoms with Gasteiger partial charge in [-0.25, -0.2) is 4.98 Å². The average Bonchev–Trinajstić information content (AvgIpc) is 2.85. The summed E-state index contributed by atoms with van der Waals surface area (Å²) in [5.41, 5.74) is 0.901. The van der Waals surface area contributed by atoms with Crippen molar-refractivity contribution in [2.45, 2.75) is 5.92 Å². The molecule has 0 amide bonds. The Morgan fingerprint density at radius 1 is 1.38 bits per heavy atom. The van der Waals surface area contributed by atoms with Crippen LogP contribution in [-0.2, 0) is 0 Å². The third kappa shape index (κ3) is 1.89. The number of hydrogen-bond donors (Lipinski definition) is 1. The van der Waals surface area contributed by atoms with Gasteiger partial charge in [0, 0.05) is 12.4 Å². The van der Waals surface area contributed by atoms with Gasteiger partial charge >= 0.3 is 0 Å². The first-order valence-electron chi connectivity index (χ1n) is 4.88. The summed E-state index contributed by atoms with van der Waals surface area (Å²) in [7, 11) is 1.61. The highest BCUT2D eigenvalue weighted by Crippen LogP contribution is 2.22. The summed E-state index contributed by atoms with van der Waals surface area (Å²) in [5, 5.41) is 9.14. The molecule has 0 aliphatic heterocycles. The zero-order chi connectivity index (χ0) is 11.4. The molecule has 1 heterocycles. The van der Waals surface area contributed by atoms with E-state index < -0.39 is 0 Å². The molecule has 0 radical (unpaired) electrons. The number of aromatic nitrogens is 2. The number of imidazole rings is 1. The van der Waals surface area contributed by atoms with Gasteiger partial charge < -0.3 is 9.72 Å². The molecule has 2 rings (SSSR count). The zero-order valence-corrected chi connectivity index (χ0v) is 8.84. The number of aromatic amines is 1. The molecule has 0 saturated carbocycles. The van der Waals surface area contributed by atoms with E-state index in [1.165, 1.54) is 0 Å².